The van der Waals surface area contributed by atoms with Crippen LogP contribution < -0.4 is 4.74 Å². The van der Waals surface area contributed by atoms with Gasteiger partial charge in [0.2, 0.25) is 5.88 Å². The minimum Gasteiger partial charge on any atom is -0.470 e. The summed E-state index contributed by atoms with van der Waals surface area (Å²) in [6, 6.07) is 12.1. The van der Waals surface area contributed by atoms with Crippen molar-refractivity contribution in [1.29, 1.82) is 5.26 Å². The Kier molecular flexibility index (Phi) is 3.94. The molecule has 0 N–H and O–H groups in total. The number of carbonyl (C=O) groups is 1. The average Bonchev–Trinajstić information content (AvgIpc) is 2.51. The molecule has 1 aromatic carbocycles. The van der Waals surface area contributed by atoms with E-state index in [2.05, 4.69) is 4.98 Å². The molecule has 0 saturated carbocycles. The van der Waals surface area contributed by atoms with Crippen molar-refractivity contribution in [2.24, 2.45) is 0 Å². The summed E-state index contributed by atoms with van der Waals surface area (Å²) >= 11 is 5.81. The summed E-state index contributed by atoms with van der Waals surface area (Å²) in [7, 11) is 0. The van der Waals surface area contributed by atoms with Gasteiger partial charge in [0, 0.05) is 16.8 Å². The van der Waals surface area contributed by atoms with Crippen LogP contribution in [0, 0.1) is 11.3 Å². The van der Waals surface area contributed by atoms with E-state index in [1.54, 1.807) is 47.5 Å². The van der Waals surface area contributed by atoms with Crippen LogP contribution in [-0.4, -0.2) is 35.0 Å². The molecule has 0 unspecified atom stereocenters. The van der Waals surface area contributed by atoms with Gasteiger partial charge in [-0.25, -0.2) is 4.98 Å². The number of benzene rings is 1. The second-order valence-corrected chi connectivity index (χ2v) is 5.36. The van der Waals surface area contributed by atoms with Gasteiger partial charge in [0.25, 0.3) is 5.91 Å². The van der Waals surface area contributed by atoms with Crippen molar-refractivity contribution >= 4 is 17.5 Å². The molecule has 0 bridgehead atoms. The fourth-order valence-corrected chi connectivity index (χ4v) is 2.31. The summed E-state index contributed by atoms with van der Waals surface area (Å²) in [4.78, 5) is 17.9. The third-order valence-electron chi connectivity index (χ3n) is 3.40. The van der Waals surface area contributed by atoms with Crippen LogP contribution >= 0.6 is 11.6 Å². The van der Waals surface area contributed by atoms with Crippen molar-refractivity contribution in [2.45, 2.75) is 6.10 Å². The molecule has 1 amide bonds. The van der Waals surface area contributed by atoms with Crippen LogP contribution in [0.15, 0.2) is 42.6 Å². The average molecular weight is 314 g/mol. The molecular formula is C16H12ClN3O2. The zero-order chi connectivity index (χ0) is 15.5. The van der Waals surface area contributed by atoms with Gasteiger partial charge >= 0.3 is 0 Å². The lowest BCUT2D eigenvalue weighted by Gasteiger charge is -2.38. The second kappa shape index (κ2) is 6.04. The number of hydrogen-bond donors (Lipinski definition) is 0. The molecule has 1 saturated heterocycles. The number of pyridine rings is 1. The Morgan fingerprint density at radius 2 is 2.05 bits per heavy atom. The Morgan fingerprint density at radius 3 is 2.73 bits per heavy atom. The highest BCUT2D eigenvalue weighted by atomic mass is 35.5. The monoisotopic (exact) mass is 313 g/mol. The highest BCUT2D eigenvalue weighted by molar-refractivity contribution is 6.30. The van der Waals surface area contributed by atoms with Gasteiger partial charge in [-0.2, -0.15) is 5.26 Å². The predicted octanol–water partition coefficient (Wildman–Crippen LogP) is 2.51. The maximum Gasteiger partial charge on any atom is 0.254 e. The maximum atomic E-state index is 12.2. The van der Waals surface area contributed by atoms with E-state index in [9.17, 15) is 4.79 Å². The van der Waals surface area contributed by atoms with Gasteiger partial charge in [0.05, 0.1) is 13.1 Å². The van der Waals surface area contributed by atoms with E-state index < -0.39 is 0 Å². The van der Waals surface area contributed by atoms with Gasteiger partial charge in [-0.1, -0.05) is 11.6 Å². The molecule has 6 heteroatoms. The van der Waals surface area contributed by atoms with E-state index in [1.807, 2.05) is 6.07 Å². The van der Waals surface area contributed by atoms with E-state index in [-0.39, 0.29) is 12.0 Å². The maximum absolute atomic E-state index is 12.2. The van der Waals surface area contributed by atoms with Gasteiger partial charge in [0.1, 0.15) is 17.7 Å². The smallest absolute Gasteiger partial charge is 0.254 e. The van der Waals surface area contributed by atoms with Crippen molar-refractivity contribution in [1.82, 2.24) is 9.88 Å². The molecule has 0 aliphatic carbocycles. The van der Waals surface area contributed by atoms with Crippen molar-refractivity contribution in [3.8, 4) is 11.9 Å². The molecular weight excluding hydrogens is 302 g/mol. The molecule has 2 aromatic rings. The van der Waals surface area contributed by atoms with Gasteiger partial charge < -0.3 is 9.64 Å². The Hall–Kier alpha value is -2.58. The van der Waals surface area contributed by atoms with Crippen molar-refractivity contribution < 1.29 is 9.53 Å². The van der Waals surface area contributed by atoms with E-state index in [0.717, 1.165) is 0 Å². The minimum absolute atomic E-state index is 0.0574. The summed E-state index contributed by atoms with van der Waals surface area (Å²) in [6.07, 6.45) is 1.43. The summed E-state index contributed by atoms with van der Waals surface area (Å²) in [5.41, 5.74) is 0.989. The quantitative estimate of drug-likeness (QED) is 0.873. The molecule has 2 heterocycles. The number of nitrogens with zero attached hydrogens (tertiary/aromatic N) is 3. The Morgan fingerprint density at radius 1 is 1.32 bits per heavy atom. The van der Waals surface area contributed by atoms with Crippen molar-refractivity contribution in [3.05, 3.63) is 58.7 Å². The lowest BCUT2D eigenvalue weighted by molar-refractivity contribution is 0.0159. The van der Waals surface area contributed by atoms with E-state index in [1.165, 1.54) is 0 Å². The summed E-state index contributed by atoms with van der Waals surface area (Å²) in [5.74, 6) is 0.256. The van der Waals surface area contributed by atoms with E-state index >= 15 is 0 Å². The lowest BCUT2D eigenvalue weighted by atomic mass is 10.1. The first-order valence-corrected chi connectivity index (χ1v) is 7.12. The fourth-order valence-electron chi connectivity index (χ4n) is 2.18. The van der Waals surface area contributed by atoms with Crippen LogP contribution in [0.1, 0.15) is 15.9 Å². The van der Waals surface area contributed by atoms with Crippen LogP contribution in [-0.2, 0) is 0 Å². The molecule has 0 radical (unpaired) electrons. The second-order valence-electron chi connectivity index (χ2n) is 4.92. The van der Waals surface area contributed by atoms with Crippen LogP contribution in [0.4, 0.5) is 0 Å². The molecule has 0 spiro atoms. The van der Waals surface area contributed by atoms with Crippen molar-refractivity contribution in [2.75, 3.05) is 13.1 Å². The molecule has 110 valence electrons. The van der Waals surface area contributed by atoms with Gasteiger partial charge in [-0.3, -0.25) is 4.79 Å². The zero-order valence-electron chi connectivity index (χ0n) is 11.6. The Bertz CT molecular complexity index is 734. The third kappa shape index (κ3) is 2.87. The van der Waals surface area contributed by atoms with Crippen LogP contribution in [0.2, 0.25) is 5.02 Å². The first kappa shape index (κ1) is 14.4. The summed E-state index contributed by atoms with van der Waals surface area (Å²) in [6.45, 7) is 0.950. The highest BCUT2D eigenvalue weighted by Gasteiger charge is 2.33. The summed E-state index contributed by atoms with van der Waals surface area (Å²) < 4.78 is 5.66. The first-order chi connectivity index (χ1) is 10.7. The number of ether oxygens (including phenoxy) is 1. The largest absolute Gasteiger partial charge is 0.470 e. The fraction of sp³-hybridized carbons (Fsp3) is 0.188. The number of carbonyl (C=O) groups excluding carboxylic acids is 1. The number of likely N-dealkylation sites (tertiary alicyclic amines) is 1. The standard InChI is InChI=1S/C16H12ClN3O2/c17-13-5-3-11(4-6-13)16(21)20-9-14(10-20)22-15-12(8-18)2-1-7-19-15/h1-7,14H,9-10H2. The number of aromatic nitrogens is 1. The van der Waals surface area contributed by atoms with Crippen molar-refractivity contribution in [3.63, 3.8) is 0 Å². The first-order valence-electron chi connectivity index (χ1n) is 6.74. The van der Waals surface area contributed by atoms with E-state index in [4.69, 9.17) is 21.6 Å². The van der Waals surface area contributed by atoms with Crippen LogP contribution in [0.25, 0.3) is 0 Å². The molecule has 1 aliphatic heterocycles. The third-order valence-corrected chi connectivity index (χ3v) is 3.65. The predicted molar refractivity (Wildman–Crippen MR) is 80.7 cm³/mol. The zero-order valence-corrected chi connectivity index (χ0v) is 12.3. The summed E-state index contributed by atoms with van der Waals surface area (Å²) in [5, 5.41) is 9.59. The number of rotatable bonds is 3. The molecule has 1 fully saturated rings. The molecule has 3 rings (SSSR count). The van der Waals surface area contributed by atoms with Gasteiger partial charge in [-0.15, -0.1) is 0 Å². The van der Waals surface area contributed by atoms with E-state index in [0.29, 0.717) is 35.1 Å². The molecule has 5 nitrogen and oxygen atoms in total. The lowest BCUT2D eigenvalue weighted by Crippen LogP contribution is -2.56. The van der Waals surface area contributed by atoms with Gasteiger partial charge in [-0.05, 0) is 36.4 Å². The normalized spacial score (nSPS) is 14.1. The molecule has 1 aliphatic rings. The van der Waals surface area contributed by atoms with Crippen LogP contribution in [0.5, 0.6) is 5.88 Å². The number of nitriles is 1. The SMILES string of the molecule is N#Cc1cccnc1OC1CN(C(=O)c2ccc(Cl)cc2)C1. The number of hydrogen-bond acceptors (Lipinski definition) is 4. The Labute approximate surface area is 132 Å². The van der Waals surface area contributed by atoms with Crippen LogP contribution in [0.3, 0.4) is 0 Å². The molecule has 0 atom stereocenters. The van der Waals surface area contributed by atoms with Gasteiger partial charge in [0.15, 0.2) is 0 Å². The topological polar surface area (TPSA) is 66.2 Å². The molecule has 1 aromatic heterocycles. The molecule has 22 heavy (non-hydrogen) atoms. The minimum atomic E-state index is -0.141. The Balaban J connectivity index is 1.59. The highest BCUT2D eigenvalue weighted by Crippen LogP contribution is 2.21. The number of amides is 1. The number of halogens is 1.